The van der Waals surface area contributed by atoms with Gasteiger partial charge in [-0.05, 0) is 140 Å². The van der Waals surface area contributed by atoms with Crippen molar-refractivity contribution in [1.29, 1.82) is 0 Å². The number of benzene rings is 9. The Morgan fingerprint density at radius 3 is 1.47 bits per heavy atom. The molecule has 2 aliphatic rings. The first-order valence-electron chi connectivity index (χ1n) is 21.8. The zero-order valence-electron chi connectivity index (χ0n) is 35.5. The van der Waals surface area contributed by atoms with Gasteiger partial charge in [-0.3, -0.25) is 0 Å². The third-order valence-corrected chi connectivity index (χ3v) is 14.0. The van der Waals surface area contributed by atoms with Gasteiger partial charge in [0.1, 0.15) is 0 Å². The largest absolute Gasteiger partial charge is 0.311 e. The molecule has 0 saturated carbocycles. The maximum absolute atomic E-state index is 2.53. The first-order chi connectivity index (χ1) is 30.3. The number of fused-ring (bicyclic) bond motifs is 9. The first kappa shape index (κ1) is 36.4. The number of para-hydroxylation sites is 2. The van der Waals surface area contributed by atoms with E-state index in [1.54, 1.807) is 0 Å². The molecule has 2 aliphatic carbocycles. The van der Waals surface area contributed by atoms with Crippen molar-refractivity contribution in [2.75, 3.05) is 4.90 Å². The maximum Gasteiger partial charge on any atom is 0.0541 e. The van der Waals surface area contributed by atoms with E-state index in [-0.39, 0.29) is 10.8 Å². The minimum atomic E-state index is -0.120. The third kappa shape index (κ3) is 5.36. The van der Waals surface area contributed by atoms with E-state index in [2.05, 4.69) is 243 Å². The van der Waals surface area contributed by atoms with Crippen LogP contribution in [0.3, 0.4) is 0 Å². The molecule has 2 nitrogen and oxygen atoms in total. The van der Waals surface area contributed by atoms with Crippen molar-refractivity contribution in [2.24, 2.45) is 0 Å². The summed E-state index contributed by atoms with van der Waals surface area (Å²) in [7, 11) is 0. The van der Waals surface area contributed by atoms with Crippen molar-refractivity contribution in [3.8, 4) is 50.2 Å². The molecular formula is C60H46N2. The van der Waals surface area contributed by atoms with Gasteiger partial charge in [0.25, 0.3) is 0 Å². The van der Waals surface area contributed by atoms with Crippen LogP contribution in [-0.2, 0) is 10.8 Å². The van der Waals surface area contributed by atoms with Gasteiger partial charge >= 0.3 is 0 Å². The Hall–Kier alpha value is -7.42. The van der Waals surface area contributed by atoms with E-state index in [1.807, 2.05) is 0 Å². The molecule has 0 N–H and O–H groups in total. The zero-order valence-corrected chi connectivity index (χ0v) is 35.5. The molecule has 12 rings (SSSR count). The van der Waals surface area contributed by atoms with Crippen LogP contribution < -0.4 is 4.90 Å². The highest BCUT2D eigenvalue weighted by Crippen LogP contribution is 2.57. The van der Waals surface area contributed by atoms with Gasteiger partial charge in [-0.25, -0.2) is 0 Å². The average Bonchev–Trinajstić information content (AvgIpc) is 3.86. The maximum atomic E-state index is 2.53. The molecular weight excluding hydrogens is 749 g/mol. The summed E-state index contributed by atoms with van der Waals surface area (Å²) in [5.41, 5.74) is 22.7. The topological polar surface area (TPSA) is 8.17 Å². The Bertz CT molecular complexity index is 3310. The van der Waals surface area contributed by atoms with Crippen molar-refractivity contribution in [2.45, 2.75) is 38.5 Å². The van der Waals surface area contributed by atoms with Crippen LogP contribution in [-0.4, -0.2) is 4.57 Å². The SMILES string of the molecule is CC1(C)c2ccccc2-c2cc3c(cc21)-c1c(-c2ccc(N(c4ccc(-c5ccccc5)cc4)c4ccc(-n5c6ccccc6c6ccccc65)cc4)cc2)cccc1C3(C)C. The number of anilines is 3. The predicted molar refractivity (Wildman–Crippen MR) is 261 cm³/mol. The van der Waals surface area contributed by atoms with Crippen LogP contribution in [0.5, 0.6) is 0 Å². The van der Waals surface area contributed by atoms with Crippen molar-refractivity contribution in [3.63, 3.8) is 0 Å². The summed E-state index contributed by atoms with van der Waals surface area (Å²) in [6.45, 7) is 9.57. The van der Waals surface area contributed by atoms with E-state index in [1.165, 1.54) is 88.6 Å². The lowest BCUT2D eigenvalue weighted by molar-refractivity contribution is 0.652. The quantitative estimate of drug-likeness (QED) is 0.163. The third-order valence-electron chi connectivity index (χ3n) is 14.0. The Kier molecular flexibility index (Phi) is 7.96. The summed E-state index contributed by atoms with van der Waals surface area (Å²) < 4.78 is 2.38. The molecule has 0 aliphatic heterocycles. The molecule has 0 atom stereocenters. The Morgan fingerprint density at radius 1 is 0.339 bits per heavy atom. The second-order valence-electron chi connectivity index (χ2n) is 18.1. The highest BCUT2D eigenvalue weighted by atomic mass is 15.1. The van der Waals surface area contributed by atoms with Crippen LogP contribution in [0.4, 0.5) is 17.1 Å². The van der Waals surface area contributed by atoms with Gasteiger partial charge < -0.3 is 9.47 Å². The van der Waals surface area contributed by atoms with Gasteiger partial charge in [0, 0.05) is 44.4 Å². The van der Waals surface area contributed by atoms with Crippen molar-refractivity contribution >= 4 is 38.9 Å². The van der Waals surface area contributed by atoms with Crippen LogP contribution in [0.2, 0.25) is 0 Å². The van der Waals surface area contributed by atoms with Gasteiger partial charge in [-0.1, -0.05) is 161 Å². The fourth-order valence-corrected chi connectivity index (χ4v) is 10.8. The summed E-state index contributed by atoms with van der Waals surface area (Å²) in [6.07, 6.45) is 0. The lowest BCUT2D eigenvalue weighted by Gasteiger charge is -2.26. The summed E-state index contributed by atoms with van der Waals surface area (Å²) >= 11 is 0. The molecule has 10 aromatic rings. The van der Waals surface area contributed by atoms with Gasteiger partial charge in [0.05, 0.1) is 11.0 Å². The van der Waals surface area contributed by atoms with E-state index in [9.17, 15) is 0 Å². The fourth-order valence-electron chi connectivity index (χ4n) is 10.8. The van der Waals surface area contributed by atoms with Crippen LogP contribution in [0.1, 0.15) is 49.9 Å². The average molecular weight is 795 g/mol. The molecule has 0 bridgehead atoms. The number of nitrogens with zero attached hydrogens (tertiary/aromatic N) is 2. The standard InChI is InChI=1S/C60H46N2/c1-59(2)52-21-11-8-17-47(52)50-37-55-51(38-54(50)59)58-46(20-14-22-53(58)60(55,3)4)41-27-31-43(32-28-41)61(42-29-25-40(26-30-42)39-15-6-5-7-16-39)44-33-35-45(36-34-44)62-56-23-12-9-18-48(56)49-19-10-13-24-57(49)62/h5-38H,1-4H3. The highest BCUT2D eigenvalue weighted by Gasteiger charge is 2.42. The number of hydrogen-bond donors (Lipinski definition) is 0. The minimum absolute atomic E-state index is 0.0607. The van der Waals surface area contributed by atoms with Crippen molar-refractivity contribution < 1.29 is 0 Å². The van der Waals surface area contributed by atoms with Gasteiger partial charge in [0.15, 0.2) is 0 Å². The Morgan fingerprint density at radius 2 is 0.806 bits per heavy atom. The van der Waals surface area contributed by atoms with Crippen LogP contribution in [0.15, 0.2) is 206 Å². The lowest BCUT2D eigenvalue weighted by atomic mass is 9.79. The Labute approximate surface area is 364 Å². The molecule has 1 aromatic heterocycles. The minimum Gasteiger partial charge on any atom is -0.311 e. The summed E-state index contributed by atoms with van der Waals surface area (Å²) in [5, 5.41) is 2.53. The summed E-state index contributed by atoms with van der Waals surface area (Å²) in [6, 6.07) is 76.2. The molecule has 9 aromatic carbocycles. The van der Waals surface area contributed by atoms with E-state index >= 15 is 0 Å². The smallest absolute Gasteiger partial charge is 0.0541 e. The molecule has 0 spiro atoms. The van der Waals surface area contributed by atoms with Gasteiger partial charge in [0.2, 0.25) is 0 Å². The Balaban J connectivity index is 0.960. The zero-order chi connectivity index (χ0) is 41.7. The number of aromatic nitrogens is 1. The molecule has 0 saturated heterocycles. The van der Waals surface area contributed by atoms with E-state index in [4.69, 9.17) is 0 Å². The van der Waals surface area contributed by atoms with Crippen LogP contribution in [0.25, 0.3) is 72.0 Å². The fraction of sp³-hybridized carbons (Fsp3) is 0.100. The number of rotatable bonds is 6. The van der Waals surface area contributed by atoms with Gasteiger partial charge in [-0.15, -0.1) is 0 Å². The normalized spacial score (nSPS) is 14.1. The number of hydrogen-bond acceptors (Lipinski definition) is 1. The van der Waals surface area contributed by atoms with Gasteiger partial charge in [-0.2, -0.15) is 0 Å². The molecule has 62 heavy (non-hydrogen) atoms. The molecule has 296 valence electrons. The molecule has 0 amide bonds. The van der Waals surface area contributed by atoms with Crippen molar-refractivity contribution in [3.05, 3.63) is 229 Å². The van der Waals surface area contributed by atoms with E-state index in [0.717, 1.165) is 22.7 Å². The predicted octanol–water partition coefficient (Wildman–Crippen LogP) is 16.2. The monoisotopic (exact) mass is 794 g/mol. The van der Waals surface area contributed by atoms with E-state index in [0.29, 0.717) is 0 Å². The molecule has 1 heterocycles. The molecule has 0 radical (unpaired) electrons. The van der Waals surface area contributed by atoms with E-state index < -0.39 is 0 Å². The summed E-state index contributed by atoms with van der Waals surface area (Å²) in [4.78, 5) is 2.38. The lowest BCUT2D eigenvalue weighted by Crippen LogP contribution is -2.16. The first-order valence-corrected chi connectivity index (χ1v) is 21.8. The second-order valence-corrected chi connectivity index (χ2v) is 18.1. The highest BCUT2D eigenvalue weighted by molar-refractivity contribution is 6.09. The second kappa shape index (κ2) is 13.5. The van der Waals surface area contributed by atoms with Crippen molar-refractivity contribution in [1.82, 2.24) is 4.57 Å². The molecule has 0 fully saturated rings. The summed E-state index contributed by atoms with van der Waals surface area (Å²) in [5.74, 6) is 0. The molecule has 2 heteroatoms. The van der Waals surface area contributed by atoms with Crippen LogP contribution >= 0.6 is 0 Å². The molecule has 0 unspecified atom stereocenters. The van der Waals surface area contributed by atoms with Crippen LogP contribution in [0, 0.1) is 0 Å².